The van der Waals surface area contributed by atoms with Gasteiger partial charge in [-0.3, -0.25) is 4.79 Å². The van der Waals surface area contributed by atoms with Crippen LogP contribution in [0.3, 0.4) is 0 Å². The van der Waals surface area contributed by atoms with Crippen LogP contribution < -0.4 is 0 Å². The first-order valence-corrected chi connectivity index (χ1v) is 9.35. The molecule has 3 heterocycles. The molecule has 3 aromatic heterocycles. The third-order valence-electron chi connectivity index (χ3n) is 4.27. The molecule has 130 valence electrons. The van der Waals surface area contributed by atoms with E-state index in [1.165, 1.54) is 4.88 Å². The fourth-order valence-corrected chi connectivity index (χ4v) is 3.61. The molecule has 4 nitrogen and oxygen atoms in total. The number of fused-ring (bicyclic) bond motifs is 1. The van der Waals surface area contributed by atoms with Gasteiger partial charge in [-0.2, -0.15) is 0 Å². The molecule has 0 unspecified atom stereocenters. The first-order chi connectivity index (χ1) is 12.4. The summed E-state index contributed by atoms with van der Waals surface area (Å²) in [7, 11) is 0. The fourth-order valence-electron chi connectivity index (χ4n) is 2.88. The van der Waals surface area contributed by atoms with Gasteiger partial charge in [-0.15, -0.1) is 11.3 Å². The number of aromatic amines is 1. The molecule has 5 heteroatoms. The molecule has 1 aromatic carbocycles. The van der Waals surface area contributed by atoms with Gasteiger partial charge in [0.1, 0.15) is 5.52 Å². The first kappa shape index (κ1) is 16.7. The van der Waals surface area contributed by atoms with Crippen LogP contribution in [0.5, 0.6) is 0 Å². The van der Waals surface area contributed by atoms with Gasteiger partial charge in [-0.25, -0.2) is 9.97 Å². The molecule has 0 saturated carbocycles. The zero-order valence-electron chi connectivity index (χ0n) is 14.9. The topological polar surface area (TPSA) is 58.6 Å². The van der Waals surface area contributed by atoms with Crippen molar-refractivity contribution >= 4 is 28.3 Å². The molecule has 0 saturated heterocycles. The zero-order valence-corrected chi connectivity index (χ0v) is 15.7. The molecule has 26 heavy (non-hydrogen) atoms. The number of benzene rings is 1. The Labute approximate surface area is 156 Å². The van der Waals surface area contributed by atoms with E-state index < -0.39 is 5.41 Å². The van der Waals surface area contributed by atoms with E-state index in [4.69, 9.17) is 4.98 Å². The summed E-state index contributed by atoms with van der Waals surface area (Å²) < 4.78 is 0. The standard InChI is InChI=1S/C21H19N3OS/c1-21(2,3)19(25)15-11-22-20-18(15)24-16(12-23-20)13-6-4-7-14(10-13)17-8-5-9-26-17/h4-12H,1-3H3,(H,22,23). The Kier molecular flexibility index (Phi) is 3.96. The lowest BCUT2D eigenvalue weighted by atomic mass is 9.87. The molecule has 0 aliphatic carbocycles. The lowest BCUT2D eigenvalue weighted by molar-refractivity contribution is 0.0860. The summed E-state index contributed by atoms with van der Waals surface area (Å²) in [5.74, 6) is 0.0579. The van der Waals surface area contributed by atoms with E-state index in [1.54, 1.807) is 23.7 Å². The van der Waals surface area contributed by atoms with E-state index in [0.29, 0.717) is 16.7 Å². The number of rotatable bonds is 3. The molecule has 0 fully saturated rings. The lowest BCUT2D eigenvalue weighted by Crippen LogP contribution is -2.20. The monoisotopic (exact) mass is 361 g/mol. The highest BCUT2D eigenvalue weighted by atomic mass is 32.1. The molecule has 0 atom stereocenters. The Balaban J connectivity index is 1.81. The predicted molar refractivity (Wildman–Crippen MR) is 106 cm³/mol. The molecule has 0 radical (unpaired) electrons. The molecule has 0 aliphatic heterocycles. The van der Waals surface area contributed by atoms with Crippen LogP contribution in [0.1, 0.15) is 31.1 Å². The SMILES string of the molecule is CC(C)(C)C(=O)c1c[nH]c2ncc(-c3cccc(-c4cccs4)c3)nc12. The van der Waals surface area contributed by atoms with Crippen molar-refractivity contribution in [3.8, 4) is 21.7 Å². The second-order valence-electron chi connectivity index (χ2n) is 7.29. The number of hydrogen-bond acceptors (Lipinski definition) is 4. The van der Waals surface area contributed by atoms with Gasteiger partial charge in [-0.1, -0.05) is 45.0 Å². The van der Waals surface area contributed by atoms with Crippen molar-refractivity contribution in [1.82, 2.24) is 15.0 Å². The average molecular weight is 361 g/mol. The van der Waals surface area contributed by atoms with Crippen molar-refractivity contribution in [1.29, 1.82) is 0 Å². The first-order valence-electron chi connectivity index (χ1n) is 8.47. The maximum atomic E-state index is 12.7. The van der Waals surface area contributed by atoms with Crippen molar-refractivity contribution in [2.45, 2.75) is 20.8 Å². The molecule has 1 N–H and O–H groups in total. The Hall–Kier alpha value is -2.79. The molecular weight excluding hydrogens is 342 g/mol. The molecular formula is C21H19N3OS. The van der Waals surface area contributed by atoms with Crippen molar-refractivity contribution in [2.75, 3.05) is 0 Å². The summed E-state index contributed by atoms with van der Waals surface area (Å²) in [6.07, 6.45) is 3.46. The summed E-state index contributed by atoms with van der Waals surface area (Å²) in [6.45, 7) is 5.74. The third kappa shape index (κ3) is 2.95. The fraction of sp³-hybridized carbons (Fsp3) is 0.190. The largest absolute Gasteiger partial charge is 0.344 e. The van der Waals surface area contributed by atoms with Gasteiger partial charge in [0.25, 0.3) is 0 Å². The van der Waals surface area contributed by atoms with Gasteiger partial charge in [0.15, 0.2) is 11.4 Å². The van der Waals surface area contributed by atoms with E-state index in [1.807, 2.05) is 39.0 Å². The zero-order chi connectivity index (χ0) is 18.3. The lowest BCUT2D eigenvalue weighted by Gasteiger charge is -2.15. The van der Waals surface area contributed by atoms with Crippen molar-refractivity contribution in [3.63, 3.8) is 0 Å². The van der Waals surface area contributed by atoms with Crippen molar-refractivity contribution in [3.05, 3.63) is 59.7 Å². The number of thiophene rings is 1. The number of H-pyrrole nitrogens is 1. The number of aromatic nitrogens is 3. The maximum Gasteiger partial charge on any atom is 0.171 e. The van der Waals surface area contributed by atoms with Crippen LogP contribution in [0.25, 0.3) is 32.9 Å². The van der Waals surface area contributed by atoms with Gasteiger partial charge in [0.05, 0.1) is 17.5 Å². The van der Waals surface area contributed by atoms with Crippen molar-refractivity contribution in [2.24, 2.45) is 5.41 Å². The number of hydrogen-bond donors (Lipinski definition) is 1. The Bertz CT molecular complexity index is 1090. The molecule has 0 aliphatic rings. The van der Waals surface area contributed by atoms with E-state index in [2.05, 4.69) is 33.5 Å². The number of nitrogens with one attached hydrogen (secondary N) is 1. The highest BCUT2D eigenvalue weighted by molar-refractivity contribution is 7.13. The van der Waals surface area contributed by atoms with Crippen LogP contribution in [0.2, 0.25) is 0 Å². The van der Waals surface area contributed by atoms with Crippen LogP contribution >= 0.6 is 11.3 Å². The highest BCUT2D eigenvalue weighted by Gasteiger charge is 2.26. The molecule has 4 rings (SSSR count). The van der Waals surface area contributed by atoms with Crippen LogP contribution in [0.4, 0.5) is 0 Å². The van der Waals surface area contributed by atoms with Crippen molar-refractivity contribution < 1.29 is 4.79 Å². The number of ketones is 1. The van der Waals surface area contributed by atoms with Crippen LogP contribution in [0, 0.1) is 5.41 Å². The summed E-state index contributed by atoms with van der Waals surface area (Å²) in [5.41, 5.74) is 4.29. The normalized spacial score (nSPS) is 11.8. The van der Waals surface area contributed by atoms with Crippen LogP contribution in [-0.2, 0) is 0 Å². The van der Waals surface area contributed by atoms with E-state index in [-0.39, 0.29) is 5.78 Å². The predicted octanol–water partition coefficient (Wildman–Crippen LogP) is 5.58. The average Bonchev–Trinajstić information content (AvgIpc) is 3.29. The van der Waals surface area contributed by atoms with Crippen LogP contribution in [0.15, 0.2) is 54.2 Å². The van der Waals surface area contributed by atoms with Gasteiger partial charge in [-0.05, 0) is 23.1 Å². The van der Waals surface area contributed by atoms with E-state index in [0.717, 1.165) is 16.8 Å². The Morgan fingerprint density at radius 1 is 1.12 bits per heavy atom. The third-order valence-corrected chi connectivity index (χ3v) is 5.19. The number of carbonyl (C=O) groups excluding carboxylic acids is 1. The second kappa shape index (κ2) is 6.18. The van der Waals surface area contributed by atoms with E-state index in [9.17, 15) is 4.79 Å². The number of carbonyl (C=O) groups is 1. The number of Topliss-reactive ketones (excluding diaryl/α,β-unsaturated/α-hetero) is 1. The van der Waals surface area contributed by atoms with Gasteiger partial charge >= 0.3 is 0 Å². The minimum absolute atomic E-state index is 0.0579. The Morgan fingerprint density at radius 3 is 2.65 bits per heavy atom. The molecule has 4 aromatic rings. The summed E-state index contributed by atoms with van der Waals surface area (Å²) >= 11 is 1.71. The molecule has 0 amide bonds. The summed E-state index contributed by atoms with van der Waals surface area (Å²) in [4.78, 5) is 26.2. The minimum atomic E-state index is -0.466. The summed E-state index contributed by atoms with van der Waals surface area (Å²) in [5, 5.41) is 2.07. The smallest absolute Gasteiger partial charge is 0.171 e. The minimum Gasteiger partial charge on any atom is -0.344 e. The Morgan fingerprint density at radius 2 is 1.92 bits per heavy atom. The van der Waals surface area contributed by atoms with Gasteiger partial charge < -0.3 is 4.98 Å². The highest BCUT2D eigenvalue weighted by Crippen LogP contribution is 2.30. The van der Waals surface area contributed by atoms with Gasteiger partial charge in [0, 0.05) is 22.1 Å². The maximum absolute atomic E-state index is 12.7. The molecule has 0 spiro atoms. The van der Waals surface area contributed by atoms with E-state index >= 15 is 0 Å². The summed E-state index contributed by atoms with van der Waals surface area (Å²) in [6, 6.07) is 12.4. The number of nitrogens with zero attached hydrogens (tertiary/aromatic N) is 2. The van der Waals surface area contributed by atoms with Gasteiger partial charge in [0.2, 0.25) is 0 Å². The molecule has 0 bridgehead atoms. The quantitative estimate of drug-likeness (QED) is 0.484. The second-order valence-corrected chi connectivity index (χ2v) is 8.24. The van der Waals surface area contributed by atoms with Crippen LogP contribution in [-0.4, -0.2) is 20.7 Å².